The van der Waals surface area contributed by atoms with Crippen LogP contribution >= 0.6 is 0 Å². The van der Waals surface area contributed by atoms with E-state index in [0.717, 1.165) is 16.7 Å². The summed E-state index contributed by atoms with van der Waals surface area (Å²) in [5.41, 5.74) is 2.65. The lowest BCUT2D eigenvalue weighted by atomic mass is 10.0. The molecule has 1 heterocycles. The first-order chi connectivity index (χ1) is 18.6. The van der Waals surface area contributed by atoms with Crippen LogP contribution < -0.4 is 5.32 Å². The number of carbonyl (C=O) groups excluding carboxylic acids is 3. The van der Waals surface area contributed by atoms with E-state index in [0.29, 0.717) is 10.7 Å². The van der Waals surface area contributed by atoms with Gasteiger partial charge in [0.2, 0.25) is 11.8 Å². The summed E-state index contributed by atoms with van der Waals surface area (Å²) in [7, 11) is -4.20. The monoisotopic (exact) mass is 547 g/mol. The Morgan fingerprint density at radius 3 is 2.28 bits per heavy atom. The number of aryl methyl sites for hydroxylation is 1. The molecule has 4 rings (SSSR count). The molecule has 3 aromatic rings. The molecule has 2 atom stereocenters. The number of hydrogen-bond acceptors (Lipinski definition) is 5. The van der Waals surface area contributed by atoms with Gasteiger partial charge in [0.15, 0.2) is 0 Å². The average Bonchev–Trinajstić information content (AvgIpc) is 3.11. The van der Waals surface area contributed by atoms with E-state index in [9.17, 15) is 22.8 Å². The first-order valence-electron chi connectivity index (χ1n) is 13.0. The van der Waals surface area contributed by atoms with Gasteiger partial charge in [0.05, 0.1) is 5.56 Å². The minimum Gasteiger partial charge on any atom is -0.352 e. The number of hydrogen-bond donors (Lipinski definition) is 1. The number of amides is 3. The molecule has 1 aliphatic rings. The minimum absolute atomic E-state index is 0.0332. The second-order valence-electron chi connectivity index (χ2n) is 9.85. The second-order valence-corrected chi connectivity index (χ2v) is 11.7. The van der Waals surface area contributed by atoms with E-state index in [1.807, 2.05) is 75.4 Å². The quantitative estimate of drug-likeness (QED) is 0.417. The van der Waals surface area contributed by atoms with Gasteiger partial charge in [0.1, 0.15) is 17.5 Å². The van der Waals surface area contributed by atoms with E-state index in [-0.39, 0.29) is 35.4 Å². The van der Waals surface area contributed by atoms with Gasteiger partial charge in [-0.2, -0.15) is 0 Å². The molecule has 0 aliphatic carbocycles. The summed E-state index contributed by atoms with van der Waals surface area (Å²) < 4.78 is 27.0. The molecule has 39 heavy (non-hydrogen) atoms. The Bertz CT molecular complexity index is 1470. The molecule has 0 fully saturated rings. The third-order valence-electron chi connectivity index (χ3n) is 6.90. The molecule has 0 unspecified atom stereocenters. The molecular formula is C30H33N3O5S. The molecule has 0 aromatic heterocycles. The van der Waals surface area contributed by atoms with Crippen LogP contribution in [0.3, 0.4) is 0 Å². The summed E-state index contributed by atoms with van der Waals surface area (Å²) in [5.74, 6) is -1.73. The lowest BCUT2D eigenvalue weighted by Gasteiger charge is -2.33. The number of nitrogens with zero attached hydrogens (tertiary/aromatic N) is 2. The number of fused-ring (bicyclic) bond motifs is 1. The van der Waals surface area contributed by atoms with Crippen molar-refractivity contribution in [2.24, 2.45) is 0 Å². The number of rotatable bonds is 10. The average molecular weight is 548 g/mol. The molecule has 1 N–H and O–H groups in total. The third kappa shape index (κ3) is 6.20. The maximum atomic E-state index is 14.0. The summed E-state index contributed by atoms with van der Waals surface area (Å²) in [6.45, 7) is 5.13. The molecule has 3 aromatic carbocycles. The Labute approximate surface area is 229 Å². The van der Waals surface area contributed by atoms with Gasteiger partial charge >= 0.3 is 0 Å². The van der Waals surface area contributed by atoms with Gasteiger partial charge in [-0.3, -0.25) is 14.4 Å². The molecule has 8 nitrogen and oxygen atoms in total. The Morgan fingerprint density at radius 1 is 0.949 bits per heavy atom. The molecule has 0 bridgehead atoms. The smallest absolute Gasteiger partial charge is 0.269 e. The van der Waals surface area contributed by atoms with Crippen molar-refractivity contribution in [3.05, 3.63) is 101 Å². The van der Waals surface area contributed by atoms with Gasteiger partial charge in [-0.15, -0.1) is 0 Å². The summed E-state index contributed by atoms with van der Waals surface area (Å²) in [6.07, 6.45) is 0.927. The first-order valence-corrected chi connectivity index (χ1v) is 14.4. The van der Waals surface area contributed by atoms with Gasteiger partial charge in [-0.1, -0.05) is 79.2 Å². The van der Waals surface area contributed by atoms with Crippen LogP contribution in [0.15, 0.2) is 83.8 Å². The SMILES string of the molecule is CC[C@@H](C)NC(=O)[C@@H](Cc1ccccc1)N(Cc1cccc(C)c1)C(=O)CN1C(=O)c2ccccc2S1(=O)=O. The third-order valence-corrected chi connectivity index (χ3v) is 8.69. The number of carbonyl (C=O) groups is 3. The van der Waals surface area contributed by atoms with E-state index in [2.05, 4.69) is 5.32 Å². The lowest BCUT2D eigenvalue weighted by Crippen LogP contribution is -2.54. The standard InChI is InChI=1S/C30H33N3O5S/c1-4-22(3)31-29(35)26(18-23-12-6-5-7-13-23)32(19-24-14-10-11-21(2)17-24)28(34)20-33-30(36)25-15-8-9-16-27(25)39(33,37)38/h5-17,22,26H,4,18-20H2,1-3H3,(H,31,35)/t22-,26-/m1/s1. The van der Waals surface area contributed by atoms with Crippen molar-refractivity contribution in [3.8, 4) is 0 Å². The molecule has 0 radical (unpaired) electrons. The van der Waals surface area contributed by atoms with Gasteiger partial charge in [-0.05, 0) is 43.5 Å². The first kappa shape index (κ1) is 28.0. The van der Waals surface area contributed by atoms with Gasteiger partial charge in [0, 0.05) is 19.0 Å². The van der Waals surface area contributed by atoms with Crippen molar-refractivity contribution in [3.63, 3.8) is 0 Å². The van der Waals surface area contributed by atoms with Crippen LogP contribution in [0, 0.1) is 6.92 Å². The highest BCUT2D eigenvalue weighted by Crippen LogP contribution is 2.30. The van der Waals surface area contributed by atoms with E-state index in [4.69, 9.17) is 0 Å². The van der Waals surface area contributed by atoms with Crippen LogP contribution in [0.1, 0.15) is 47.3 Å². The van der Waals surface area contributed by atoms with Crippen LogP contribution in [-0.2, 0) is 32.6 Å². The fourth-order valence-corrected chi connectivity index (χ4v) is 6.12. The predicted octanol–water partition coefficient (Wildman–Crippen LogP) is 3.69. The maximum absolute atomic E-state index is 14.0. The van der Waals surface area contributed by atoms with Gasteiger partial charge in [0.25, 0.3) is 15.9 Å². The Hall–Kier alpha value is -3.98. The molecule has 1 aliphatic heterocycles. The van der Waals surface area contributed by atoms with E-state index < -0.39 is 34.4 Å². The molecule has 0 saturated heterocycles. The van der Waals surface area contributed by atoms with Gasteiger partial charge in [-0.25, -0.2) is 12.7 Å². The van der Waals surface area contributed by atoms with Gasteiger partial charge < -0.3 is 10.2 Å². The Morgan fingerprint density at radius 2 is 1.62 bits per heavy atom. The summed E-state index contributed by atoms with van der Waals surface area (Å²) in [5, 5.41) is 2.98. The zero-order valence-electron chi connectivity index (χ0n) is 22.3. The Balaban J connectivity index is 1.72. The fourth-order valence-electron chi connectivity index (χ4n) is 4.60. The normalized spacial score (nSPS) is 15.4. The molecule has 9 heteroatoms. The van der Waals surface area contributed by atoms with Crippen molar-refractivity contribution in [1.82, 2.24) is 14.5 Å². The number of sulfonamides is 1. The number of benzene rings is 3. The largest absolute Gasteiger partial charge is 0.352 e. The van der Waals surface area contributed by atoms with Crippen molar-refractivity contribution in [2.75, 3.05) is 6.54 Å². The molecule has 0 spiro atoms. The van der Waals surface area contributed by atoms with Crippen LogP contribution in [0.5, 0.6) is 0 Å². The highest BCUT2D eigenvalue weighted by molar-refractivity contribution is 7.90. The van der Waals surface area contributed by atoms with Crippen molar-refractivity contribution in [2.45, 2.75) is 57.1 Å². The van der Waals surface area contributed by atoms with Crippen LogP contribution in [0.25, 0.3) is 0 Å². The number of nitrogens with one attached hydrogen (secondary N) is 1. The van der Waals surface area contributed by atoms with E-state index >= 15 is 0 Å². The zero-order chi connectivity index (χ0) is 28.2. The van der Waals surface area contributed by atoms with E-state index in [1.165, 1.54) is 23.1 Å². The van der Waals surface area contributed by atoms with Crippen LogP contribution in [0.2, 0.25) is 0 Å². The zero-order valence-corrected chi connectivity index (χ0v) is 23.1. The van der Waals surface area contributed by atoms with Crippen molar-refractivity contribution >= 4 is 27.7 Å². The topological polar surface area (TPSA) is 104 Å². The molecule has 3 amide bonds. The molecule has 204 valence electrons. The van der Waals surface area contributed by atoms with Crippen molar-refractivity contribution < 1.29 is 22.8 Å². The molecular weight excluding hydrogens is 514 g/mol. The minimum atomic E-state index is -4.20. The fraction of sp³-hybridized carbons (Fsp3) is 0.300. The highest BCUT2D eigenvalue weighted by Gasteiger charge is 2.43. The second kappa shape index (κ2) is 11.8. The molecule has 0 saturated carbocycles. The summed E-state index contributed by atoms with van der Waals surface area (Å²) in [4.78, 5) is 41.9. The Kier molecular flexibility index (Phi) is 8.50. The summed E-state index contributed by atoms with van der Waals surface area (Å²) >= 11 is 0. The van der Waals surface area contributed by atoms with Crippen molar-refractivity contribution in [1.29, 1.82) is 0 Å². The maximum Gasteiger partial charge on any atom is 0.269 e. The van der Waals surface area contributed by atoms with Crippen LogP contribution in [-0.4, -0.2) is 54.0 Å². The van der Waals surface area contributed by atoms with Crippen LogP contribution in [0.4, 0.5) is 0 Å². The lowest BCUT2D eigenvalue weighted by molar-refractivity contribution is -0.141. The highest BCUT2D eigenvalue weighted by atomic mass is 32.2. The summed E-state index contributed by atoms with van der Waals surface area (Å²) in [6, 6.07) is 21.8. The van der Waals surface area contributed by atoms with E-state index in [1.54, 1.807) is 6.07 Å². The predicted molar refractivity (Wildman–Crippen MR) is 148 cm³/mol.